The number of pyridine rings is 1. The average molecular weight is 456 g/mol. The molecule has 1 saturated heterocycles. The summed E-state index contributed by atoms with van der Waals surface area (Å²) in [6, 6.07) is 31.5. The number of para-hydroxylation sites is 1. The van der Waals surface area contributed by atoms with Crippen LogP contribution in [-0.4, -0.2) is 28.6 Å². The van der Waals surface area contributed by atoms with Crippen LogP contribution >= 0.6 is 0 Å². The Hall–Kier alpha value is -3.75. The second kappa shape index (κ2) is 9.13. The fourth-order valence-corrected chi connectivity index (χ4v) is 5.88. The zero-order valence-corrected chi connectivity index (χ0v) is 20.1. The van der Waals surface area contributed by atoms with Crippen LogP contribution in [0.5, 0.6) is 0 Å². The summed E-state index contributed by atoms with van der Waals surface area (Å²) in [5.41, 5.74) is 4.01. The Morgan fingerprint density at radius 3 is 2.29 bits per heavy atom. The highest BCUT2D eigenvalue weighted by Gasteiger charge is 2.54. The van der Waals surface area contributed by atoms with Gasteiger partial charge in [-0.15, -0.1) is 0 Å². The van der Waals surface area contributed by atoms with E-state index in [9.17, 15) is 0 Å². The summed E-state index contributed by atoms with van der Waals surface area (Å²) in [5, 5.41) is 6.76. The van der Waals surface area contributed by atoms with E-state index in [-0.39, 0.29) is 0 Å². The number of quaternary nitrogens is 1. The first kappa shape index (κ1) is 21.8. The van der Waals surface area contributed by atoms with Gasteiger partial charge in [0, 0.05) is 30.0 Å². The lowest BCUT2D eigenvalue weighted by molar-refractivity contribution is -0.827. The molecule has 2 heterocycles. The molecular weight excluding hydrogens is 424 g/mol. The third kappa shape index (κ3) is 4.15. The minimum Gasteiger partial charge on any atom is -0.307 e. The first-order valence-electron chi connectivity index (χ1n) is 12.6. The number of nitrogens with zero attached hydrogens (tertiary/aromatic N) is 2. The molecule has 1 aliphatic rings. The van der Waals surface area contributed by atoms with Crippen LogP contribution in [0.4, 0.5) is 0 Å². The molecule has 35 heavy (non-hydrogen) atoms. The molecule has 6 rings (SSSR count). The molecule has 4 aromatic carbocycles. The van der Waals surface area contributed by atoms with Gasteiger partial charge in [0.15, 0.2) is 0 Å². The highest BCUT2D eigenvalue weighted by Crippen LogP contribution is 2.41. The van der Waals surface area contributed by atoms with E-state index in [2.05, 4.69) is 109 Å². The SMILES string of the molecule is C=C/C=C/CC[N+]1(Cc2c3ccccc3cc3ccccc23)CC1Cc1ccnc2ccccc12. The van der Waals surface area contributed by atoms with Crippen molar-refractivity contribution in [1.82, 2.24) is 4.98 Å². The molecule has 0 N–H and O–H groups in total. The number of hydrogen-bond donors (Lipinski definition) is 0. The predicted octanol–water partition coefficient (Wildman–Crippen LogP) is 7.62. The maximum atomic E-state index is 4.59. The fourth-order valence-electron chi connectivity index (χ4n) is 5.88. The standard InChI is InChI=1S/C33H31N2/c1-2-3-4-11-20-35(23-28(35)22-27-18-19-34-33-17-10-9-16-31(27)33)24-32-29-14-7-5-12-25(29)21-26-13-6-8-15-30(26)32/h2-10,12-19,21,28H,1,11,20,22-24H2/q+1/b4-3+. The largest absolute Gasteiger partial charge is 0.307 e. The van der Waals surface area contributed by atoms with Crippen LogP contribution in [0.15, 0.2) is 116 Å². The molecule has 0 aliphatic carbocycles. The zero-order chi connectivity index (χ0) is 23.7. The minimum absolute atomic E-state index is 0.621. The molecule has 0 radical (unpaired) electrons. The van der Waals surface area contributed by atoms with Gasteiger partial charge in [-0.3, -0.25) is 4.98 Å². The third-order valence-electron chi connectivity index (χ3n) is 7.78. The van der Waals surface area contributed by atoms with Gasteiger partial charge in [-0.2, -0.15) is 0 Å². The molecule has 0 amide bonds. The van der Waals surface area contributed by atoms with E-state index in [1.807, 2.05) is 12.3 Å². The molecule has 0 spiro atoms. The smallest absolute Gasteiger partial charge is 0.143 e. The summed E-state index contributed by atoms with van der Waals surface area (Å²) in [7, 11) is 0. The Labute approximate surface area is 207 Å². The summed E-state index contributed by atoms with van der Waals surface area (Å²) < 4.78 is 1.14. The topological polar surface area (TPSA) is 12.9 Å². The van der Waals surface area contributed by atoms with Gasteiger partial charge in [-0.05, 0) is 45.3 Å². The number of allylic oxidation sites excluding steroid dienone is 2. The average Bonchev–Trinajstić information content (AvgIpc) is 3.58. The molecule has 2 heteroatoms. The van der Waals surface area contributed by atoms with Gasteiger partial charge in [0.2, 0.25) is 0 Å². The number of hydrogen-bond acceptors (Lipinski definition) is 1. The van der Waals surface area contributed by atoms with Crippen molar-refractivity contribution < 1.29 is 4.48 Å². The molecule has 172 valence electrons. The summed E-state index contributed by atoms with van der Waals surface area (Å²) in [5.74, 6) is 0. The van der Waals surface area contributed by atoms with Crippen LogP contribution in [0, 0.1) is 0 Å². The van der Waals surface area contributed by atoms with Crippen LogP contribution in [0.1, 0.15) is 17.5 Å². The van der Waals surface area contributed by atoms with E-state index in [4.69, 9.17) is 0 Å². The van der Waals surface area contributed by atoms with Gasteiger partial charge < -0.3 is 4.48 Å². The lowest BCUT2D eigenvalue weighted by Gasteiger charge is -2.23. The van der Waals surface area contributed by atoms with Crippen molar-refractivity contribution in [3.05, 3.63) is 127 Å². The third-order valence-corrected chi connectivity index (χ3v) is 7.78. The van der Waals surface area contributed by atoms with Crippen LogP contribution in [0.3, 0.4) is 0 Å². The molecule has 5 aromatic rings. The molecule has 0 saturated carbocycles. The minimum atomic E-state index is 0.621. The van der Waals surface area contributed by atoms with Gasteiger partial charge in [0.1, 0.15) is 19.1 Å². The first-order chi connectivity index (χ1) is 17.3. The van der Waals surface area contributed by atoms with E-state index in [0.717, 1.165) is 35.9 Å². The molecule has 1 aliphatic heterocycles. The molecule has 1 aromatic heterocycles. The maximum absolute atomic E-state index is 4.59. The Balaban J connectivity index is 1.39. The number of rotatable bonds is 8. The van der Waals surface area contributed by atoms with Crippen LogP contribution in [0.2, 0.25) is 0 Å². The Morgan fingerprint density at radius 2 is 1.54 bits per heavy atom. The summed E-state index contributed by atoms with van der Waals surface area (Å²) in [6.45, 7) is 7.28. The summed E-state index contributed by atoms with van der Waals surface area (Å²) in [6.07, 6.45) is 10.4. The van der Waals surface area contributed by atoms with E-state index < -0.39 is 0 Å². The van der Waals surface area contributed by atoms with E-state index >= 15 is 0 Å². The van der Waals surface area contributed by atoms with E-state index in [1.54, 1.807) is 0 Å². The second-order valence-electron chi connectivity index (χ2n) is 9.88. The van der Waals surface area contributed by atoms with Crippen molar-refractivity contribution in [1.29, 1.82) is 0 Å². The van der Waals surface area contributed by atoms with Crippen LogP contribution in [-0.2, 0) is 13.0 Å². The molecular formula is C33H31N2+. The fraction of sp³-hybridized carbons (Fsp3) is 0.182. The number of aromatic nitrogens is 1. The highest BCUT2D eigenvalue weighted by molar-refractivity contribution is 6.02. The molecule has 0 bridgehead atoms. The van der Waals surface area contributed by atoms with Crippen molar-refractivity contribution in [2.45, 2.75) is 25.4 Å². The monoisotopic (exact) mass is 455 g/mol. The zero-order valence-electron chi connectivity index (χ0n) is 20.1. The summed E-state index contributed by atoms with van der Waals surface area (Å²) >= 11 is 0. The van der Waals surface area contributed by atoms with Crippen LogP contribution in [0.25, 0.3) is 32.4 Å². The van der Waals surface area contributed by atoms with Gasteiger partial charge >= 0.3 is 0 Å². The van der Waals surface area contributed by atoms with Gasteiger partial charge in [-0.25, -0.2) is 0 Å². The van der Waals surface area contributed by atoms with Crippen molar-refractivity contribution in [2.24, 2.45) is 0 Å². The van der Waals surface area contributed by atoms with E-state index in [0.29, 0.717) is 6.04 Å². The lowest BCUT2D eigenvalue weighted by atomic mass is 9.96. The van der Waals surface area contributed by atoms with Crippen molar-refractivity contribution in [3.63, 3.8) is 0 Å². The maximum Gasteiger partial charge on any atom is 0.143 e. The van der Waals surface area contributed by atoms with Crippen molar-refractivity contribution in [3.8, 4) is 0 Å². The molecule has 2 atom stereocenters. The van der Waals surface area contributed by atoms with Crippen LogP contribution < -0.4 is 0 Å². The lowest BCUT2D eigenvalue weighted by Crippen LogP contribution is -2.30. The van der Waals surface area contributed by atoms with Gasteiger partial charge in [0.05, 0.1) is 12.1 Å². The van der Waals surface area contributed by atoms with Crippen molar-refractivity contribution in [2.75, 3.05) is 13.1 Å². The Kier molecular flexibility index (Phi) is 5.67. The quantitative estimate of drug-likeness (QED) is 0.101. The normalized spacial score (nSPS) is 19.6. The molecule has 2 nitrogen and oxygen atoms in total. The molecule has 1 fully saturated rings. The second-order valence-corrected chi connectivity index (χ2v) is 9.88. The highest BCUT2D eigenvalue weighted by atomic mass is 15.5. The van der Waals surface area contributed by atoms with Gasteiger partial charge in [0.25, 0.3) is 0 Å². The Bertz CT molecular complexity index is 1500. The van der Waals surface area contributed by atoms with Crippen molar-refractivity contribution >= 4 is 32.4 Å². The Morgan fingerprint density at radius 1 is 0.857 bits per heavy atom. The number of fused-ring (bicyclic) bond motifs is 3. The van der Waals surface area contributed by atoms with Gasteiger partial charge in [-0.1, -0.05) is 91.5 Å². The predicted molar refractivity (Wildman–Crippen MR) is 148 cm³/mol. The molecule has 2 unspecified atom stereocenters. The number of benzene rings is 4. The van der Waals surface area contributed by atoms with E-state index in [1.165, 1.54) is 44.6 Å². The first-order valence-corrected chi connectivity index (χ1v) is 12.6. The summed E-state index contributed by atoms with van der Waals surface area (Å²) in [4.78, 5) is 4.59.